The zero-order valence-corrected chi connectivity index (χ0v) is 18.5. The van der Waals surface area contributed by atoms with E-state index in [2.05, 4.69) is 30.2 Å². The number of fused-ring (bicyclic) bond motifs is 3. The van der Waals surface area contributed by atoms with Gasteiger partial charge >= 0.3 is 5.69 Å². The monoisotopic (exact) mass is 460 g/mol. The fourth-order valence-corrected chi connectivity index (χ4v) is 4.74. The first-order valence-electron chi connectivity index (χ1n) is 11.5. The number of ether oxygens (including phenoxy) is 1. The molecule has 0 amide bonds. The molecule has 0 atom stereocenters. The van der Waals surface area contributed by atoms with Gasteiger partial charge in [0.05, 0.1) is 35.3 Å². The molecule has 11 heteroatoms. The highest BCUT2D eigenvalue weighted by atomic mass is 16.5. The summed E-state index contributed by atoms with van der Waals surface area (Å²) in [6.45, 7) is 4.46. The lowest BCUT2D eigenvalue weighted by Gasteiger charge is -2.26. The number of hydrogen-bond donors (Lipinski definition) is 2. The normalized spacial score (nSPS) is 17.5. The molecular formula is C23H24N8O3. The van der Waals surface area contributed by atoms with Gasteiger partial charge < -0.3 is 15.0 Å². The predicted octanol–water partition coefficient (Wildman–Crippen LogP) is 0.851. The predicted molar refractivity (Wildman–Crippen MR) is 127 cm³/mol. The summed E-state index contributed by atoms with van der Waals surface area (Å²) in [5, 5.41) is 3.68. The molecule has 2 fully saturated rings. The van der Waals surface area contributed by atoms with Gasteiger partial charge in [-0.3, -0.25) is 19.3 Å². The molecule has 6 rings (SSSR count). The van der Waals surface area contributed by atoms with Gasteiger partial charge in [-0.2, -0.15) is 0 Å². The van der Waals surface area contributed by atoms with Crippen LogP contribution >= 0.6 is 0 Å². The van der Waals surface area contributed by atoms with Crippen LogP contribution in [0.3, 0.4) is 0 Å². The molecule has 174 valence electrons. The second kappa shape index (κ2) is 8.58. The van der Waals surface area contributed by atoms with Gasteiger partial charge in [-0.05, 0) is 38.1 Å². The lowest BCUT2D eigenvalue weighted by molar-refractivity contribution is 0.122. The summed E-state index contributed by atoms with van der Waals surface area (Å²) in [5.41, 5.74) is 2.20. The van der Waals surface area contributed by atoms with E-state index in [1.807, 2.05) is 12.1 Å². The number of H-pyrrole nitrogens is 1. The van der Waals surface area contributed by atoms with Gasteiger partial charge in [0.2, 0.25) is 5.95 Å². The standard InChI is InChI=1S/C23H24N8O3/c32-21-16-13-25-18-2-1-17(14-11-26-22(27-12-14)30-7-9-34-10-8-30)28-19(18)20(16)31(23(33)29-21)15-3-5-24-6-4-15/h1-2,11-13,15,24H,3-10H2,(H,29,32,33). The zero-order chi connectivity index (χ0) is 23.1. The van der Waals surface area contributed by atoms with E-state index in [1.165, 1.54) is 6.20 Å². The van der Waals surface area contributed by atoms with Gasteiger partial charge in [0.1, 0.15) is 5.52 Å². The van der Waals surface area contributed by atoms with Crippen LogP contribution < -0.4 is 21.5 Å². The van der Waals surface area contributed by atoms with Crippen LogP contribution in [0.2, 0.25) is 0 Å². The maximum atomic E-state index is 12.9. The third-order valence-electron chi connectivity index (χ3n) is 6.51. The van der Waals surface area contributed by atoms with Crippen LogP contribution in [0.4, 0.5) is 5.95 Å². The first-order valence-corrected chi connectivity index (χ1v) is 11.5. The lowest BCUT2D eigenvalue weighted by Crippen LogP contribution is -2.38. The Morgan fingerprint density at radius 3 is 2.50 bits per heavy atom. The molecule has 0 saturated carbocycles. The van der Waals surface area contributed by atoms with E-state index in [0.717, 1.165) is 44.6 Å². The van der Waals surface area contributed by atoms with Crippen molar-refractivity contribution in [2.75, 3.05) is 44.3 Å². The molecule has 6 heterocycles. The molecule has 11 nitrogen and oxygen atoms in total. The van der Waals surface area contributed by atoms with Gasteiger partial charge in [-0.1, -0.05) is 0 Å². The van der Waals surface area contributed by atoms with Crippen molar-refractivity contribution in [3.05, 3.63) is 51.6 Å². The number of piperidine rings is 1. The van der Waals surface area contributed by atoms with E-state index < -0.39 is 11.2 Å². The number of anilines is 1. The largest absolute Gasteiger partial charge is 0.378 e. The van der Waals surface area contributed by atoms with Gasteiger partial charge in [-0.15, -0.1) is 0 Å². The highest BCUT2D eigenvalue weighted by Crippen LogP contribution is 2.27. The third kappa shape index (κ3) is 3.62. The molecule has 4 aromatic heterocycles. The maximum Gasteiger partial charge on any atom is 0.329 e. The molecule has 2 aliphatic rings. The highest BCUT2D eigenvalue weighted by Gasteiger charge is 2.22. The lowest BCUT2D eigenvalue weighted by atomic mass is 10.1. The number of pyridine rings is 2. The van der Waals surface area contributed by atoms with E-state index in [4.69, 9.17) is 9.72 Å². The quantitative estimate of drug-likeness (QED) is 0.427. The molecule has 0 bridgehead atoms. The second-order valence-electron chi connectivity index (χ2n) is 8.57. The van der Waals surface area contributed by atoms with Crippen LogP contribution in [0.1, 0.15) is 18.9 Å². The minimum absolute atomic E-state index is 0.0275. The molecule has 0 radical (unpaired) electrons. The van der Waals surface area contributed by atoms with E-state index in [-0.39, 0.29) is 6.04 Å². The fraction of sp³-hybridized carbons (Fsp3) is 0.391. The number of morpholine rings is 1. The molecule has 0 aliphatic carbocycles. The molecule has 0 aromatic carbocycles. The van der Waals surface area contributed by atoms with E-state index in [1.54, 1.807) is 17.0 Å². The first-order chi connectivity index (χ1) is 16.7. The van der Waals surface area contributed by atoms with Gasteiger partial charge in [0, 0.05) is 43.3 Å². The third-order valence-corrected chi connectivity index (χ3v) is 6.51. The Kier molecular flexibility index (Phi) is 5.27. The molecule has 2 saturated heterocycles. The molecular weight excluding hydrogens is 436 g/mol. The average molecular weight is 460 g/mol. The minimum atomic E-state index is -0.454. The van der Waals surface area contributed by atoms with Crippen molar-refractivity contribution in [3.8, 4) is 11.3 Å². The Labute approximate surface area is 193 Å². The van der Waals surface area contributed by atoms with Crippen molar-refractivity contribution in [1.82, 2.24) is 34.8 Å². The Morgan fingerprint density at radius 2 is 1.74 bits per heavy atom. The summed E-state index contributed by atoms with van der Waals surface area (Å²) in [5.74, 6) is 0.659. The smallest absolute Gasteiger partial charge is 0.329 e. The highest BCUT2D eigenvalue weighted by molar-refractivity contribution is 6.01. The van der Waals surface area contributed by atoms with Crippen molar-refractivity contribution < 1.29 is 4.74 Å². The van der Waals surface area contributed by atoms with E-state index >= 15 is 0 Å². The summed E-state index contributed by atoms with van der Waals surface area (Å²) in [7, 11) is 0. The molecule has 0 spiro atoms. The van der Waals surface area contributed by atoms with Gasteiger partial charge in [0.25, 0.3) is 5.56 Å². The van der Waals surface area contributed by atoms with E-state index in [9.17, 15) is 9.59 Å². The summed E-state index contributed by atoms with van der Waals surface area (Å²) in [6, 6.07) is 3.68. The Morgan fingerprint density at radius 1 is 0.971 bits per heavy atom. The SMILES string of the molecule is O=c1[nH]c(=O)n(C2CCNCC2)c2c1cnc1ccc(-c3cnc(N4CCOCC4)nc3)nc12. The van der Waals surface area contributed by atoms with Crippen molar-refractivity contribution in [3.63, 3.8) is 0 Å². The van der Waals surface area contributed by atoms with Crippen molar-refractivity contribution in [2.45, 2.75) is 18.9 Å². The molecule has 34 heavy (non-hydrogen) atoms. The zero-order valence-electron chi connectivity index (χ0n) is 18.5. The molecule has 0 unspecified atom stereocenters. The Balaban J connectivity index is 1.49. The van der Waals surface area contributed by atoms with E-state index in [0.29, 0.717) is 46.8 Å². The fourth-order valence-electron chi connectivity index (χ4n) is 4.74. The molecule has 4 aromatic rings. The van der Waals surface area contributed by atoms with Crippen LogP contribution in [0, 0.1) is 0 Å². The van der Waals surface area contributed by atoms with Gasteiger partial charge in [0.15, 0.2) is 0 Å². The summed E-state index contributed by atoms with van der Waals surface area (Å²) in [6.07, 6.45) is 6.60. The van der Waals surface area contributed by atoms with Crippen molar-refractivity contribution >= 4 is 27.9 Å². The molecule has 2 N–H and O–H groups in total. The van der Waals surface area contributed by atoms with Gasteiger partial charge in [-0.25, -0.2) is 19.7 Å². The topological polar surface area (TPSA) is 131 Å². The van der Waals surface area contributed by atoms with Crippen LogP contribution in [0.15, 0.2) is 40.3 Å². The minimum Gasteiger partial charge on any atom is -0.378 e. The second-order valence-corrected chi connectivity index (χ2v) is 8.57. The van der Waals surface area contributed by atoms with Crippen LogP contribution in [-0.4, -0.2) is 68.9 Å². The maximum absolute atomic E-state index is 12.9. The summed E-state index contributed by atoms with van der Waals surface area (Å²) < 4.78 is 7.09. The number of aromatic amines is 1. The number of aromatic nitrogens is 6. The number of rotatable bonds is 3. The average Bonchev–Trinajstić information content (AvgIpc) is 2.89. The number of hydrogen-bond acceptors (Lipinski definition) is 9. The molecule has 2 aliphatic heterocycles. The Hall–Kier alpha value is -3.70. The number of nitrogens with one attached hydrogen (secondary N) is 2. The van der Waals surface area contributed by atoms with Crippen molar-refractivity contribution in [2.24, 2.45) is 0 Å². The summed E-state index contributed by atoms with van der Waals surface area (Å²) >= 11 is 0. The van der Waals surface area contributed by atoms with Crippen LogP contribution in [0.5, 0.6) is 0 Å². The first kappa shape index (κ1) is 20.9. The van der Waals surface area contributed by atoms with Crippen molar-refractivity contribution in [1.29, 1.82) is 0 Å². The van der Waals surface area contributed by atoms with Crippen LogP contribution in [0.25, 0.3) is 33.2 Å². The summed E-state index contributed by atoms with van der Waals surface area (Å²) in [4.78, 5) is 48.5. The number of nitrogens with zero attached hydrogens (tertiary/aromatic N) is 6. The van der Waals surface area contributed by atoms with Crippen LogP contribution in [-0.2, 0) is 4.74 Å². The Bertz CT molecular complexity index is 1470.